The predicted octanol–water partition coefficient (Wildman–Crippen LogP) is 4.69. The van der Waals surface area contributed by atoms with Crippen molar-refractivity contribution >= 4 is 5.91 Å². The molecule has 10 heteroatoms. The minimum atomic E-state index is -2.83. The number of aromatic nitrogens is 4. The van der Waals surface area contributed by atoms with Crippen LogP contribution in [-0.2, 0) is 13.0 Å². The molecule has 33 heavy (non-hydrogen) atoms. The number of benzene rings is 1. The maximum absolute atomic E-state index is 13.4. The number of carbonyl (C=O) groups excluding carboxylic acids is 1. The highest BCUT2D eigenvalue weighted by molar-refractivity contribution is 5.99. The molecule has 2 aromatic heterocycles. The van der Waals surface area contributed by atoms with Gasteiger partial charge in [-0.05, 0) is 49.3 Å². The second-order valence-corrected chi connectivity index (χ2v) is 9.19. The van der Waals surface area contributed by atoms with Crippen LogP contribution in [0.4, 0.5) is 8.78 Å². The molecule has 6 rings (SSSR count). The second kappa shape index (κ2) is 8.00. The van der Waals surface area contributed by atoms with Gasteiger partial charge in [-0.15, -0.1) is 10.2 Å². The summed E-state index contributed by atoms with van der Waals surface area (Å²) in [4.78, 5) is 19.9. The molecule has 1 aromatic carbocycles. The number of halogens is 2. The number of rotatable bonds is 6. The molecule has 3 aliphatic rings. The van der Waals surface area contributed by atoms with Crippen molar-refractivity contribution < 1.29 is 22.5 Å². The summed E-state index contributed by atoms with van der Waals surface area (Å²) in [5.41, 5.74) is 1.93. The molecule has 0 radical (unpaired) electrons. The Bertz CT molecular complexity index is 1190. The molecule has 3 aromatic rings. The smallest absolute Gasteiger partial charge is 0.314 e. The van der Waals surface area contributed by atoms with E-state index in [1.54, 1.807) is 12.1 Å². The van der Waals surface area contributed by atoms with E-state index in [4.69, 9.17) is 8.94 Å². The first-order chi connectivity index (χ1) is 16.1. The summed E-state index contributed by atoms with van der Waals surface area (Å²) in [6.07, 6.45) is 4.24. The van der Waals surface area contributed by atoms with E-state index in [1.165, 1.54) is 0 Å². The number of hydrogen-bond acceptors (Lipinski definition) is 7. The first-order valence-electron chi connectivity index (χ1n) is 11.4. The fourth-order valence-electron chi connectivity index (χ4n) is 5.08. The topological polar surface area (TPSA) is 98.2 Å². The Labute approximate surface area is 188 Å². The third-order valence-electron chi connectivity index (χ3n) is 6.94. The van der Waals surface area contributed by atoms with Gasteiger partial charge in [0, 0.05) is 36.1 Å². The summed E-state index contributed by atoms with van der Waals surface area (Å²) < 4.78 is 36.1. The normalized spacial score (nSPS) is 22.9. The summed E-state index contributed by atoms with van der Waals surface area (Å²) in [6.45, 7) is 0.529. The van der Waals surface area contributed by atoms with Crippen molar-refractivity contribution in [2.24, 2.45) is 5.92 Å². The molecule has 8 nitrogen and oxygen atoms in total. The summed E-state index contributed by atoms with van der Waals surface area (Å²) >= 11 is 0. The number of alkyl halides is 2. The van der Waals surface area contributed by atoms with Gasteiger partial charge in [0.15, 0.2) is 5.82 Å². The van der Waals surface area contributed by atoms with Crippen molar-refractivity contribution in [2.75, 3.05) is 0 Å². The van der Waals surface area contributed by atoms with E-state index in [-0.39, 0.29) is 23.8 Å². The van der Waals surface area contributed by atoms with Crippen LogP contribution in [0.2, 0.25) is 0 Å². The zero-order valence-electron chi connectivity index (χ0n) is 17.9. The van der Waals surface area contributed by atoms with Gasteiger partial charge in [0.2, 0.25) is 11.8 Å². The van der Waals surface area contributed by atoms with E-state index in [0.717, 1.165) is 55.8 Å². The average molecular weight is 455 g/mol. The summed E-state index contributed by atoms with van der Waals surface area (Å²) in [5.74, 6) is 1.37. The summed E-state index contributed by atoms with van der Waals surface area (Å²) in [7, 11) is 0. The molecule has 2 fully saturated rings. The Morgan fingerprint density at radius 3 is 2.76 bits per heavy atom. The van der Waals surface area contributed by atoms with E-state index in [2.05, 4.69) is 20.3 Å². The lowest BCUT2D eigenvalue weighted by Crippen LogP contribution is -2.43. The van der Waals surface area contributed by atoms with E-state index >= 15 is 0 Å². The van der Waals surface area contributed by atoms with Gasteiger partial charge in [-0.25, -0.2) is 0 Å². The van der Waals surface area contributed by atoms with Gasteiger partial charge < -0.3 is 13.8 Å². The number of nitrogens with zero attached hydrogens (tertiary/aromatic N) is 5. The van der Waals surface area contributed by atoms with Crippen LogP contribution in [0, 0.1) is 5.92 Å². The molecule has 2 aliphatic carbocycles. The van der Waals surface area contributed by atoms with E-state index in [9.17, 15) is 13.6 Å². The van der Waals surface area contributed by atoms with Crippen LogP contribution in [0.3, 0.4) is 0 Å². The number of amides is 1. The van der Waals surface area contributed by atoms with Crippen molar-refractivity contribution in [1.82, 2.24) is 25.2 Å². The Kier molecular flexibility index (Phi) is 4.95. The largest absolute Gasteiger partial charge is 0.415 e. The van der Waals surface area contributed by atoms with Gasteiger partial charge in [-0.3, -0.25) is 4.79 Å². The lowest BCUT2D eigenvalue weighted by Gasteiger charge is -2.37. The lowest BCUT2D eigenvalue weighted by molar-refractivity contribution is 0.0556. The van der Waals surface area contributed by atoms with Crippen LogP contribution < -0.4 is 0 Å². The van der Waals surface area contributed by atoms with E-state index in [1.807, 2.05) is 11.0 Å². The Hall–Kier alpha value is -3.17. The highest BCUT2D eigenvalue weighted by Crippen LogP contribution is 2.40. The van der Waals surface area contributed by atoms with Gasteiger partial charge in [0.05, 0.1) is 0 Å². The quantitative estimate of drug-likeness (QED) is 0.532. The standard InChI is InChI=1S/C23H23F2N5O3/c24-19(25)22-28-27-21(32-22)14-7-8-15-11-30(23(31)16(15)9-14)17-4-2-1-3-13(17)10-18-26-20(33-29-18)12-5-6-12/h7-9,12-13,17,19H,1-6,10-11H2/t13-,17+/m0/s1. The third kappa shape index (κ3) is 3.81. The predicted molar refractivity (Wildman–Crippen MR) is 110 cm³/mol. The Morgan fingerprint density at radius 1 is 1.12 bits per heavy atom. The van der Waals surface area contributed by atoms with Crippen LogP contribution in [0.5, 0.6) is 0 Å². The molecular weight excluding hydrogens is 432 g/mol. The van der Waals surface area contributed by atoms with Crippen molar-refractivity contribution in [3.8, 4) is 11.5 Å². The van der Waals surface area contributed by atoms with Crippen LogP contribution in [0.1, 0.15) is 84.4 Å². The van der Waals surface area contributed by atoms with Crippen molar-refractivity contribution in [1.29, 1.82) is 0 Å². The highest BCUT2D eigenvalue weighted by atomic mass is 19.3. The third-order valence-corrected chi connectivity index (χ3v) is 6.94. The maximum Gasteiger partial charge on any atom is 0.314 e. The number of fused-ring (bicyclic) bond motifs is 1. The Morgan fingerprint density at radius 2 is 1.97 bits per heavy atom. The van der Waals surface area contributed by atoms with Gasteiger partial charge in [0.25, 0.3) is 11.8 Å². The molecule has 172 valence electrons. The van der Waals surface area contributed by atoms with Crippen LogP contribution in [-0.4, -0.2) is 37.2 Å². The van der Waals surface area contributed by atoms with Crippen LogP contribution >= 0.6 is 0 Å². The molecule has 2 atom stereocenters. The molecule has 0 spiro atoms. The van der Waals surface area contributed by atoms with E-state index in [0.29, 0.717) is 30.0 Å². The van der Waals surface area contributed by atoms with Crippen LogP contribution in [0.15, 0.2) is 27.1 Å². The van der Waals surface area contributed by atoms with Crippen molar-refractivity contribution in [2.45, 2.75) is 69.9 Å². The van der Waals surface area contributed by atoms with Gasteiger partial charge in [-0.1, -0.05) is 24.1 Å². The number of carbonyl (C=O) groups is 1. The minimum Gasteiger partial charge on any atom is -0.415 e. The fraction of sp³-hybridized carbons (Fsp3) is 0.522. The average Bonchev–Trinajstić information content (AvgIpc) is 3.22. The zero-order valence-corrected chi connectivity index (χ0v) is 17.9. The number of hydrogen-bond donors (Lipinski definition) is 0. The molecule has 1 amide bonds. The molecule has 0 unspecified atom stereocenters. The van der Waals surface area contributed by atoms with Gasteiger partial charge in [0.1, 0.15) is 0 Å². The summed E-state index contributed by atoms with van der Waals surface area (Å²) in [5, 5.41) is 11.3. The van der Waals surface area contributed by atoms with E-state index < -0.39 is 12.3 Å². The molecular formula is C23H23F2N5O3. The first kappa shape index (κ1) is 20.4. The molecule has 2 saturated carbocycles. The summed E-state index contributed by atoms with van der Waals surface area (Å²) in [6, 6.07) is 5.33. The van der Waals surface area contributed by atoms with Crippen molar-refractivity contribution in [3.05, 3.63) is 46.9 Å². The van der Waals surface area contributed by atoms with Gasteiger partial charge in [-0.2, -0.15) is 13.8 Å². The minimum absolute atomic E-state index is 0.0153. The monoisotopic (exact) mass is 455 g/mol. The lowest BCUT2D eigenvalue weighted by atomic mass is 9.81. The zero-order chi connectivity index (χ0) is 22.5. The first-order valence-corrected chi connectivity index (χ1v) is 11.4. The molecule has 0 N–H and O–H groups in total. The SMILES string of the molecule is O=C1c2cc(-c3nnc(C(F)F)o3)ccc2CN1[C@@H]1CCCC[C@H]1Cc1noc(C2CC2)n1. The highest BCUT2D eigenvalue weighted by Gasteiger charge is 2.39. The molecule has 0 saturated heterocycles. The Balaban J connectivity index is 1.21. The van der Waals surface area contributed by atoms with Gasteiger partial charge >= 0.3 is 6.43 Å². The molecule has 0 bridgehead atoms. The molecule has 1 aliphatic heterocycles. The second-order valence-electron chi connectivity index (χ2n) is 9.19. The molecule has 3 heterocycles. The fourth-order valence-corrected chi connectivity index (χ4v) is 5.08. The van der Waals surface area contributed by atoms with Crippen LogP contribution in [0.25, 0.3) is 11.5 Å². The van der Waals surface area contributed by atoms with Crippen molar-refractivity contribution in [3.63, 3.8) is 0 Å². The maximum atomic E-state index is 13.4.